The van der Waals surface area contributed by atoms with Crippen molar-refractivity contribution in [2.75, 3.05) is 20.3 Å². The molecule has 0 saturated heterocycles. The number of nitrogens with one attached hydrogen (secondary N) is 1. The number of carboxylic acid groups (broad SMARTS) is 1. The standard InChI is InChI=1S/C10H21NO4/c1-9(2,15-4)7-10(3,8(13)14)11-5-6-12/h11-12H,5-7H2,1-4H3,(H,13,14). The first kappa shape index (κ1) is 14.3. The van der Waals surface area contributed by atoms with Crippen molar-refractivity contribution in [3.8, 4) is 0 Å². The molecule has 0 aromatic rings. The molecule has 0 aliphatic rings. The lowest BCUT2D eigenvalue weighted by molar-refractivity contribution is -0.147. The molecule has 0 aromatic carbocycles. The van der Waals surface area contributed by atoms with Gasteiger partial charge in [0.05, 0.1) is 12.2 Å². The van der Waals surface area contributed by atoms with Crippen LogP contribution in [0.3, 0.4) is 0 Å². The number of hydrogen-bond acceptors (Lipinski definition) is 4. The summed E-state index contributed by atoms with van der Waals surface area (Å²) in [6.07, 6.45) is 0.325. The lowest BCUT2D eigenvalue weighted by Gasteiger charge is -2.34. The Labute approximate surface area is 90.4 Å². The van der Waals surface area contributed by atoms with E-state index in [0.29, 0.717) is 6.42 Å². The third kappa shape index (κ3) is 4.59. The van der Waals surface area contributed by atoms with Crippen molar-refractivity contribution in [2.45, 2.75) is 38.3 Å². The SMILES string of the molecule is COC(C)(C)CC(C)(NCCO)C(=O)O. The van der Waals surface area contributed by atoms with Crippen LogP contribution in [0.25, 0.3) is 0 Å². The van der Waals surface area contributed by atoms with Crippen LogP contribution in [-0.2, 0) is 9.53 Å². The van der Waals surface area contributed by atoms with Crippen LogP contribution >= 0.6 is 0 Å². The van der Waals surface area contributed by atoms with Crippen molar-refractivity contribution in [3.63, 3.8) is 0 Å². The summed E-state index contributed by atoms with van der Waals surface area (Å²) >= 11 is 0. The number of ether oxygens (including phenoxy) is 1. The van der Waals surface area contributed by atoms with E-state index in [1.165, 1.54) is 0 Å². The van der Waals surface area contributed by atoms with Gasteiger partial charge in [0.1, 0.15) is 5.54 Å². The van der Waals surface area contributed by atoms with Gasteiger partial charge in [0, 0.05) is 20.1 Å². The molecule has 0 aliphatic heterocycles. The molecule has 0 fully saturated rings. The number of hydrogen-bond donors (Lipinski definition) is 3. The topological polar surface area (TPSA) is 78.8 Å². The lowest BCUT2D eigenvalue weighted by Crippen LogP contribution is -2.54. The van der Waals surface area contributed by atoms with Crippen LogP contribution in [-0.4, -0.2) is 47.6 Å². The van der Waals surface area contributed by atoms with Gasteiger partial charge in [-0.15, -0.1) is 0 Å². The first-order valence-electron chi connectivity index (χ1n) is 4.92. The Balaban J connectivity index is 4.58. The number of aliphatic hydroxyl groups is 1. The van der Waals surface area contributed by atoms with E-state index in [9.17, 15) is 4.79 Å². The Morgan fingerprint density at radius 3 is 2.27 bits per heavy atom. The van der Waals surface area contributed by atoms with Gasteiger partial charge in [0.2, 0.25) is 0 Å². The molecule has 0 bridgehead atoms. The zero-order valence-electron chi connectivity index (χ0n) is 9.83. The molecular formula is C10H21NO4. The fourth-order valence-corrected chi connectivity index (χ4v) is 1.47. The van der Waals surface area contributed by atoms with Crippen LogP contribution in [0.2, 0.25) is 0 Å². The van der Waals surface area contributed by atoms with Crippen molar-refractivity contribution in [1.29, 1.82) is 0 Å². The Kier molecular flexibility index (Phi) is 5.20. The average molecular weight is 219 g/mol. The second-order valence-electron chi connectivity index (χ2n) is 4.43. The van der Waals surface area contributed by atoms with E-state index < -0.39 is 17.1 Å². The van der Waals surface area contributed by atoms with Crippen LogP contribution in [0.4, 0.5) is 0 Å². The minimum Gasteiger partial charge on any atom is -0.480 e. The summed E-state index contributed by atoms with van der Waals surface area (Å²) in [4.78, 5) is 11.1. The fourth-order valence-electron chi connectivity index (χ4n) is 1.47. The predicted molar refractivity (Wildman–Crippen MR) is 56.8 cm³/mol. The van der Waals surface area contributed by atoms with Crippen molar-refractivity contribution < 1.29 is 19.7 Å². The zero-order valence-corrected chi connectivity index (χ0v) is 9.83. The molecule has 0 aromatic heterocycles. The van der Waals surface area contributed by atoms with E-state index >= 15 is 0 Å². The molecule has 5 heteroatoms. The Morgan fingerprint density at radius 2 is 1.93 bits per heavy atom. The number of aliphatic carboxylic acids is 1. The Hall–Kier alpha value is -0.650. The molecular weight excluding hydrogens is 198 g/mol. The maximum atomic E-state index is 11.1. The molecule has 15 heavy (non-hydrogen) atoms. The number of methoxy groups -OCH3 is 1. The van der Waals surface area contributed by atoms with E-state index in [4.69, 9.17) is 14.9 Å². The molecule has 3 N–H and O–H groups in total. The van der Waals surface area contributed by atoms with Crippen molar-refractivity contribution in [1.82, 2.24) is 5.32 Å². The highest BCUT2D eigenvalue weighted by atomic mass is 16.5. The van der Waals surface area contributed by atoms with E-state index in [0.717, 1.165) is 0 Å². The number of carboxylic acids is 1. The molecule has 1 unspecified atom stereocenters. The van der Waals surface area contributed by atoms with Gasteiger partial charge in [-0.25, -0.2) is 0 Å². The van der Waals surface area contributed by atoms with Gasteiger partial charge in [0.25, 0.3) is 0 Å². The normalized spacial score (nSPS) is 16.1. The van der Waals surface area contributed by atoms with Gasteiger partial charge in [-0.2, -0.15) is 0 Å². The van der Waals surface area contributed by atoms with Crippen molar-refractivity contribution in [3.05, 3.63) is 0 Å². The summed E-state index contributed by atoms with van der Waals surface area (Å²) < 4.78 is 5.20. The Bertz CT molecular complexity index is 217. The maximum absolute atomic E-state index is 11.1. The van der Waals surface area contributed by atoms with E-state index in [1.54, 1.807) is 14.0 Å². The molecule has 5 nitrogen and oxygen atoms in total. The van der Waals surface area contributed by atoms with Crippen LogP contribution < -0.4 is 5.32 Å². The smallest absolute Gasteiger partial charge is 0.323 e. The molecule has 0 heterocycles. The van der Waals surface area contributed by atoms with Crippen LogP contribution in [0, 0.1) is 0 Å². The summed E-state index contributed by atoms with van der Waals surface area (Å²) in [7, 11) is 1.55. The van der Waals surface area contributed by atoms with Gasteiger partial charge >= 0.3 is 5.97 Å². The van der Waals surface area contributed by atoms with Crippen LogP contribution in [0.15, 0.2) is 0 Å². The molecule has 90 valence electrons. The van der Waals surface area contributed by atoms with Crippen molar-refractivity contribution >= 4 is 5.97 Å². The minimum absolute atomic E-state index is 0.0870. The molecule has 1 atom stereocenters. The molecule has 0 radical (unpaired) electrons. The predicted octanol–water partition coefficient (Wildman–Crippen LogP) is 0.227. The highest BCUT2D eigenvalue weighted by molar-refractivity contribution is 5.78. The first-order valence-corrected chi connectivity index (χ1v) is 4.92. The second-order valence-corrected chi connectivity index (χ2v) is 4.43. The van der Waals surface area contributed by atoms with Gasteiger partial charge in [-0.05, 0) is 20.8 Å². The summed E-state index contributed by atoms with van der Waals surface area (Å²) in [6, 6.07) is 0. The second kappa shape index (κ2) is 5.44. The third-order valence-electron chi connectivity index (χ3n) is 2.43. The lowest BCUT2D eigenvalue weighted by atomic mass is 9.87. The quantitative estimate of drug-likeness (QED) is 0.571. The summed E-state index contributed by atoms with van der Waals surface area (Å²) in [6.45, 7) is 5.41. The summed E-state index contributed by atoms with van der Waals surface area (Å²) in [5.74, 6) is -0.943. The van der Waals surface area contributed by atoms with E-state index in [1.807, 2.05) is 13.8 Å². The summed E-state index contributed by atoms with van der Waals surface area (Å²) in [5.41, 5.74) is -1.60. The average Bonchev–Trinajstić information content (AvgIpc) is 2.14. The van der Waals surface area contributed by atoms with Crippen LogP contribution in [0.5, 0.6) is 0 Å². The largest absolute Gasteiger partial charge is 0.480 e. The van der Waals surface area contributed by atoms with E-state index in [-0.39, 0.29) is 13.2 Å². The number of carbonyl (C=O) groups is 1. The molecule has 0 rings (SSSR count). The number of aliphatic hydroxyl groups excluding tert-OH is 1. The van der Waals surface area contributed by atoms with Gasteiger partial charge in [-0.3, -0.25) is 10.1 Å². The number of β-amino-alcohol motifs (C(OH)–C–C–N with tert-alkyl or cyclic N) is 1. The molecule has 0 aliphatic carbocycles. The van der Waals surface area contributed by atoms with Crippen molar-refractivity contribution in [2.24, 2.45) is 0 Å². The molecule has 0 saturated carbocycles. The number of rotatable bonds is 7. The highest BCUT2D eigenvalue weighted by Crippen LogP contribution is 2.23. The maximum Gasteiger partial charge on any atom is 0.323 e. The monoisotopic (exact) mass is 219 g/mol. The third-order valence-corrected chi connectivity index (χ3v) is 2.43. The first-order chi connectivity index (χ1) is 6.77. The zero-order chi connectivity index (χ0) is 12.1. The highest BCUT2D eigenvalue weighted by Gasteiger charge is 2.38. The van der Waals surface area contributed by atoms with E-state index in [2.05, 4.69) is 5.32 Å². The van der Waals surface area contributed by atoms with Gasteiger partial charge < -0.3 is 14.9 Å². The Morgan fingerprint density at radius 1 is 1.40 bits per heavy atom. The van der Waals surface area contributed by atoms with Gasteiger partial charge in [0.15, 0.2) is 0 Å². The van der Waals surface area contributed by atoms with Gasteiger partial charge in [-0.1, -0.05) is 0 Å². The molecule has 0 amide bonds. The van der Waals surface area contributed by atoms with Crippen LogP contribution in [0.1, 0.15) is 27.2 Å². The molecule has 0 spiro atoms. The fraction of sp³-hybridized carbons (Fsp3) is 0.900. The minimum atomic E-state index is -1.08. The summed E-state index contributed by atoms with van der Waals surface area (Å²) in [5, 5.41) is 20.6.